The Labute approximate surface area is 784 Å². The van der Waals surface area contributed by atoms with Crippen LogP contribution >= 0.6 is 0 Å². The molecule has 15 heterocycles. The molecule has 10 aromatic heterocycles. The summed E-state index contributed by atoms with van der Waals surface area (Å²) in [5, 5.41) is 10.7. The average Bonchev–Trinajstić information content (AvgIpc) is 1.57. The Balaban J connectivity index is 0.000000106. The molecule has 20 aromatic rings. The number of benzene rings is 10. The number of hydrogen-bond donors (Lipinski definition) is 0. The van der Waals surface area contributed by atoms with Crippen molar-refractivity contribution in [3.63, 3.8) is 0 Å². The first-order chi connectivity index (χ1) is 68.1. The van der Waals surface area contributed by atoms with Crippen LogP contribution in [0.2, 0.25) is 0 Å². The largest absolute Gasteiger partial charge is 0.454 e. The lowest BCUT2D eigenvalue weighted by Crippen LogP contribution is -2.49. The zero-order chi connectivity index (χ0) is 101. The predicted molar refractivity (Wildman–Crippen MR) is 546 cm³/mol. The van der Waals surface area contributed by atoms with Crippen LogP contribution in [-0.4, -0.2) is 87.3 Å². The van der Waals surface area contributed by atoms with Gasteiger partial charge in [-0.05, 0) is 236 Å². The fourth-order valence-corrected chi connectivity index (χ4v) is 20.6. The molecule has 5 unspecified atom stereocenters. The van der Waals surface area contributed by atoms with Gasteiger partial charge in [0.25, 0.3) is 0 Å². The quantitative estimate of drug-likeness (QED) is 0.148. The Morgan fingerprint density at radius 3 is 0.932 bits per heavy atom. The molecule has 0 N–H and O–H groups in total. The van der Waals surface area contributed by atoms with Crippen LogP contribution in [0.5, 0.6) is 0 Å². The number of hydrogen-bond acceptors (Lipinski definition) is 20. The maximum Gasteiger partial charge on any atom is 0.159 e. The van der Waals surface area contributed by atoms with Crippen LogP contribution in [0.25, 0.3) is 110 Å². The molecule has 0 fully saturated rings. The van der Waals surface area contributed by atoms with E-state index in [4.69, 9.17) is 42.1 Å². The summed E-state index contributed by atoms with van der Waals surface area (Å²) >= 11 is 0. The van der Waals surface area contributed by atoms with Crippen LogP contribution < -0.4 is 49.0 Å². The second-order valence-corrected chi connectivity index (χ2v) is 35.6. The van der Waals surface area contributed by atoms with Gasteiger partial charge >= 0.3 is 0 Å². The van der Waals surface area contributed by atoms with Crippen molar-refractivity contribution in [2.45, 2.75) is 166 Å². The van der Waals surface area contributed by atoms with Gasteiger partial charge in [0.05, 0.1) is 59.6 Å². The number of nitrogens with zero attached hydrogens (tertiary/aromatic N) is 15. The van der Waals surface area contributed by atoms with Crippen LogP contribution in [-0.2, 0) is 0 Å². The minimum atomic E-state index is -2.30. The van der Waals surface area contributed by atoms with Crippen LogP contribution in [0.1, 0.15) is 126 Å². The molecule has 0 radical (unpaired) electrons. The van der Waals surface area contributed by atoms with Crippen molar-refractivity contribution < 1.29 is 37.2 Å². The van der Waals surface area contributed by atoms with E-state index in [1.807, 2.05) is 235 Å². The Hall–Kier alpha value is -15.1. The Kier molecular flexibility index (Phi) is 17.7. The predicted octanol–water partition coefficient (Wildman–Crippen LogP) is 28.8. The summed E-state index contributed by atoms with van der Waals surface area (Å²) in [5.41, 5.74) is 21.4. The number of rotatable bonds is 7. The third-order valence-electron chi connectivity index (χ3n) is 26.4. The van der Waals surface area contributed by atoms with Gasteiger partial charge in [-0.15, -0.1) is 0 Å². The molecule has 0 amide bonds. The van der Waals surface area contributed by atoms with Crippen molar-refractivity contribution >= 4 is 196 Å². The summed E-state index contributed by atoms with van der Waals surface area (Å²) in [7, 11) is 0. The molecule has 0 aliphatic carbocycles. The number of aromatic nitrogens is 5. The van der Waals surface area contributed by atoms with E-state index in [1.165, 1.54) is 9.80 Å². The summed E-state index contributed by atoms with van der Waals surface area (Å²) in [6.45, 7) is 24.8. The molecule has 5 aliphatic rings. The SMILES string of the molecule is [2H]C(C)(C)N1c2cccnc2N(c2c(C)ccc3c2oc2ccccc23)C1C.[2H]C(C)(C)N1c2ncccc2N(c2c(C)ccc3c2oc2ccccc23)C1C.[2H]C([2H])([2H])C(C)(C)N1c2cccnc2N(c2c(C)ccc3c2oc2ccccc23)C1C.[2H]C([2H])([2H])N1c2cccnc2N(c2c(C)ccc3c2oc2ccccc23)C1C.[2H]C([2H])([2H])N1c2ncccc2N(c2c(C)ccc3c2oc2ccccc23)C1C. The zero-order valence-corrected chi connectivity index (χ0v) is 76.6. The molecule has 662 valence electrons. The highest BCUT2D eigenvalue weighted by Gasteiger charge is 2.45. The summed E-state index contributed by atoms with van der Waals surface area (Å²) in [6.07, 6.45) is 7.42. The highest BCUT2D eigenvalue weighted by molar-refractivity contribution is 6.16. The number of aryl methyl sites for hydroxylation is 5. The first-order valence-corrected chi connectivity index (χ1v) is 44.9. The summed E-state index contributed by atoms with van der Waals surface area (Å²) in [6, 6.07) is 78.6. The van der Waals surface area contributed by atoms with E-state index >= 15 is 0 Å². The van der Waals surface area contributed by atoms with Crippen molar-refractivity contribution in [1.82, 2.24) is 24.9 Å². The third kappa shape index (κ3) is 13.4. The first kappa shape index (κ1) is 71.8. The van der Waals surface area contributed by atoms with Gasteiger partial charge in [0.15, 0.2) is 57.0 Å². The van der Waals surface area contributed by atoms with E-state index in [-0.39, 0.29) is 18.5 Å². The van der Waals surface area contributed by atoms with E-state index in [0.29, 0.717) is 17.3 Å². The zero-order valence-electron chi connectivity index (χ0n) is 87.6. The first-order valence-electron chi connectivity index (χ1n) is 50.4. The molecular formula is C112H109N15O5. The van der Waals surface area contributed by atoms with Crippen molar-refractivity contribution in [1.29, 1.82) is 0 Å². The second-order valence-electron chi connectivity index (χ2n) is 35.6. The minimum Gasteiger partial charge on any atom is -0.454 e. The second kappa shape index (κ2) is 32.6. The van der Waals surface area contributed by atoms with E-state index in [2.05, 4.69) is 158 Å². The van der Waals surface area contributed by atoms with E-state index in [0.717, 1.165) is 206 Å². The molecule has 0 spiro atoms. The standard InChI is InChI=1S/C24H25N3O.2C23H23N3O.2C21H19N3O/c1-15-12-13-18-17-9-6-7-11-20(17)28-22(18)21(15)26-16(2)27(24(3,4)5)19-10-8-14-25-23(19)26;1-14(2)25-16(4)26(19-9-7-13-24-23(19)25)21-15(3)11-12-18-17-8-5-6-10-20(17)27-22(18)21;1-14(2)25-16(4)26(23-19(25)9-7-13-24-23)21-15(3)11-12-18-17-8-5-6-10-20(17)27-22(18)21;1-13-10-11-16-15-7-4-5-9-18(15)25-20(16)19(13)24-14(2)23(3)21-17(24)8-6-12-22-21;1-13-10-11-16-15-7-4-5-9-18(15)25-20(16)19(13)24-14(2)23(3)17-8-6-12-22-21(17)24/h6-14,16H,1-5H3;2*5-14,16H,1-4H3;2*4-12,14H,1-3H3/i3D3;2*14D;2*3D3. The topological polar surface area (TPSA) is 163 Å². The molecule has 5 atom stereocenters. The maximum atomic E-state index is 8.70. The molecule has 25 rings (SSSR count). The summed E-state index contributed by atoms with van der Waals surface area (Å²) in [4.78, 5) is 42.4. The van der Waals surface area contributed by atoms with Crippen LogP contribution in [0, 0.1) is 34.6 Å². The minimum absolute atomic E-state index is 0.0603. The van der Waals surface area contributed by atoms with E-state index < -0.39 is 50.7 Å². The monoisotopic (exact) mass is 1750 g/mol. The number of pyridine rings is 5. The molecule has 0 bridgehead atoms. The van der Waals surface area contributed by atoms with Gasteiger partial charge in [-0.1, -0.05) is 152 Å². The Morgan fingerprint density at radius 1 is 0.280 bits per heavy atom. The van der Waals surface area contributed by atoms with E-state index in [1.54, 1.807) is 50.8 Å². The fourth-order valence-electron chi connectivity index (χ4n) is 20.6. The normalized spacial score (nSPS) is 18.5. The van der Waals surface area contributed by atoms with Crippen LogP contribution in [0.3, 0.4) is 0 Å². The molecule has 20 nitrogen and oxygen atoms in total. The van der Waals surface area contributed by atoms with Gasteiger partial charge in [-0.2, -0.15) is 0 Å². The van der Waals surface area contributed by atoms with Gasteiger partial charge in [0, 0.05) is 129 Å². The molecule has 10 aromatic carbocycles. The van der Waals surface area contributed by atoms with Crippen molar-refractivity contribution in [2.24, 2.45) is 0 Å². The molecule has 20 heteroatoms. The van der Waals surface area contributed by atoms with Crippen LogP contribution in [0.4, 0.5) is 86.0 Å². The lowest BCUT2D eigenvalue weighted by atomic mass is 10.0. The highest BCUT2D eigenvalue weighted by atomic mass is 16.3. The van der Waals surface area contributed by atoms with Gasteiger partial charge < -0.3 is 71.1 Å². The average molecular weight is 1760 g/mol. The van der Waals surface area contributed by atoms with Gasteiger partial charge in [0.2, 0.25) is 0 Å². The van der Waals surface area contributed by atoms with Crippen LogP contribution in [0.15, 0.2) is 296 Å². The smallest absolute Gasteiger partial charge is 0.159 e. The van der Waals surface area contributed by atoms with Gasteiger partial charge in [-0.25, -0.2) is 24.9 Å². The fraction of sp³-hybridized carbons (Fsp3) is 0.241. The molecule has 5 aliphatic heterocycles. The van der Waals surface area contributed by atoms with Crippen molar-refractivity contribution in [2.75, 3.05) is 63.0 Å². The Bertz CT molecular complexity index is 7640. The summed E-state index contributed by atoms with van der Waals surface area (Å²) in [5.74, 6) is 3.53. The number of anilines is 15. The molecule has 0 saturated carbocycles. The summed E-state index contributed by atoms with van der Waals surface area (Å²) < 4.78 is 122. The molecular weight excluding hydrogens is 1640 g/mol. The van der Waals surface area contributed by atoms with E-state index in [9.17, 15) is 0 Å². The molecule has 132 heavy (non-hydrogen) atoms. The third-order valence-corrected chi connectivity index (χ3v) is 26.4. The Morgan fingerprint density at radius 2 is 0.561 bits per heavy atom. The van der Waals surface area contributed by atoms with Gasteiger partial charge in [-0.3, -0.25) is 0 Å². The number of para-hydroxylation sites is 5. The molecule has 0 saturated heterocycles. The highest BCUT2D eigenvalue weighted by Crippen LogP contribution is 2.55. The van der Waals surface area contributed by atoms with Gasteiger partial charge in [0.1, 0.15) is 58.7 Å². The number of fused-ring (bicyclic) bond motifs is 20. The van der Waals surface area contributed by atoms with Crippen molar-refractivity contribution in [3.8, 4) is 0 Å². The van der Waals surface area contributed by atoms with Crippen molar-refractivity contribution in [3.05, 3.63) is 301 Å². The maximum absolute atomic E-state index is 8.70. The lowest BCUT2D eigenvalue weighted by Gasteiger charge is -2.39. The lowest BCUT2D eigenvalue weighted by molar-refractivity contribution is 0.468. The number of furan rings is 5.